The Morgan fingerprint density at radius 1 is 1.36 bits per heavy atom. The molecule has 58 valence electrons. The van der Waals surface area contributed by atoms with E-state index in [4.69, 9.17) is 15.7 Å². The van der Waals surface area contributed by atoms with Crippen molar-refractivity contribution in [3.8, 4) is 12.3 Å². The molecule has 0 atom stereocenters. The van der Waals surface area contributed by atoms with E-state index in [0.717, 1.165) is 5.75 Å². The molecule has 0 spiro atoms. The second-order valence-corrected chi connectivity index (χ2v) is 1.74. The van der Waals surface area contributed by atoms with Gasteiger partial charge in [-0.25, -0.2) is 5.26 Å². The highest BCUT2D eigenvalue weighted by molar-refractivity contribution is 5.51. The average molecular weight is 150 g/mol. The quantitative estimate of drug-likeness (QED) is 0.616. The number of hydrogen-bond donors (Lipinski definition) is 1. The number of methoxy groups -OCH3 is 1. The van der Waals surface area contributed by atoms with Crippen LogP contribution in [0.25, 0.3) is 0 Å². The summed E-state index contributed by atoms with van der Waals surface area (Å²) in [5, 5.41) is 6.50. The molecule has 3 nitrogen and oxygen atoms in total. The summed E-state index contributed by atoms with van der Waals surface area (Å²) in [4.78, 5) is 0. The van der Waals surface area contributed by atoms with Crippen LogP contribution in [0.15, 0.2) is 24.3 Å². The van der Waals surface area contributed by atoms with Gasteiger partial charge in [0.2, 0.25) is 0 Å². The molecule has 0 unspecified atom stereocenters. The van der Waals surface area contributed by atoms with Gasteiger partial charge < -0.3 is 10.5 Å². The van der Waals surface area contributed by atoms with Gasteiger partial charge in [-0.05, 0) is 12.1 Å². The highest BCUT2D eigenvalue weighted by Crippen LogP contribution is 2.18. The largest absolute Gasteiger partial charge is 0.495 e. The van der Waals surface area contributed by atoms with E-state index in [0.29, 0.717) is 5.69 Å². The van der Waals surface area contributed by atoms with Crippen molar-refractivity contribution in [3.63, 3.8) is 0 Å². The van der Waals surface area contributed by atoms with Crippen molar-refractivity contribution in [2.45, 2.75) is 0 Å². The van der Waals surface area contributed by atoms with E-state index in [2.05, 4.69) is 6.57 Å². The van der Waals surface area contributed by atoms with Crippen molar-refractivity contribution >= 4 is 5.69 Å². The zero-order chi connectivity index (χ0) is 8.69. The van der Waals surface area contributed by atoms with Crippen molar-refractivity contribution in [2.24, 2.45) is 0 Å². The summed E-state index contributed by atoms with van der Waals surface area (Å²) < 4.78 is 4.92. The molecule has 0 radical (unpaired) electrons. The smallest absolute Gasteiger partial charge is 0.141 e. The fraction of sp³-hybridized carbons (Fsp3) is 0.125. The second-order valence-electron chi connectivity index (χ2n) is 1.74. The highest BCUT2D eigenvalue weighted by atomic mass is 16.5. The van der Waals surface area contributed by atoms with Gasteiger partial charge in [0, 0.05) is 6.57 Å². The Morgan fingerprint density at radius 3 is 2.27 bits per heavy atom. The fourth-order valence-corrected chi connectivity index (χ4v) is 0.666. The Kier molecular flexibility index (Phi) is 4.34. The van der Waals surface area contributed by atoms with Crippen LogP contribution in [0.5, 0.6) is 5.75 Å². The van der Waals surface area contributed by atoms with Crippen molar-refractivity contribution in [3.05, 3.63) is 24.3 Å². The zero-order valence-corrected chi connectivity index (χ0v) is 6.32. The van der Waals surface area contributed by atoms with E-state index in [1.54, 1.807) is 13.2 Å². The lowest BCUT2D eigenvalue weighted by atomic mass is 10.3. The van der Waals surface area contributed by atoms with Gasteiger partial charge >= 0.3 is 0 Å². The van der Waals surface area contributed by atoms with Gasteiger partial charge in [-0.3, -0.25) is 0 Å². The third-order valence-electron chi connectivity index (χ3n) is 1.14. The highest BCUT2D eigenvalue weighted by Gasteiger charge is 1.91. The molecule has 1 aromatic rings. The molecule has 0 aliphatic rings. The van der Waals surface area contributed by atoms with Crippen LogP contribution in [0.2, 0.25) is 0 Å². The number of nitrogens with two attached hydrogens (primary N) is 1. The molecule has 0 amide bonds. The third-order valence-corrected chi connectivity index (χ3v) is 1.14. The lowest BCUT2D eigenvalue weighted by molar-refractivity contribution is 0.417. The molecule has 1 rings (SSSR count). The number of ether oxygens (including phenoxy) is 1. The van der Waals surface area contributed by atoms with E-state index in [9.17, 15) is 0 Å². The van der Waals surface area contributed by atoms with Crippen LogP contribution in [-0.4, -0.2) is 7.11 Å². The summed E-state index contributed by atoms with van der Waals surface area (Å²) in [5.74, 6) is 0.734. The van der Waals surface area contributed by atoms with E-state index in [1.807, 2.05) is 18.2 Å². The van der Waals surface area contributed by atoms with Gasteiger partial charge in [0.15, 0.2) is 0 Å². The lowest BCUT2D eigenvalue weighted by Crippen LogP contribution is -1.89. The summed E-state index contributed by atoms with van der Waals surface area (Å²) in [6.45, 7) is 3.50. The maximum Gasteiger partial charge on any atom is 0.141 e. The predicted octanol–water partition coefficient (Wildman–Crippen LogP) is 1.42. The Morgan fingerprint density at radius 2 is 1.91 bits per heavy atom. The molecule has 2 N–H and O–H groups in total. The van der Waals surface area contributed by atoms with Crippen LogP contribution in [-0.2, 0) is 0 Å². The maximum absolute atomic E-state index is 6.50. The predicted molar refractivity (Wildman–Crippen MR) is 44.1 cm³/mol. The van der Waals surface area contributed by atoms with Crippen LogP contribution in [0.4, 0.5) is 5.69 Å². The third kappa shape index (κ3) is 2.59. The first-order valence-electron chi connectivity index (χ1n) is 2.99. The molecule has 0 aliphatic carbocycles. The molecule has 0 aromatic heterocycles. The summed E-state index contributed by atoms with van der Waals surface area (Å²) >= 11 is 0. The van der Waals surface area contributed by atoms with Gasteiger partial charge in [0.25, 0.3) is 0 Å². The molecule has 0 heterocycles. The zero-order valence-electron chi connectivity index (χ0n) is 6.32. The molecule has 0 aliphatic heterocycles. The fourth-order valence-electron chi connectivity index (χ4n) is 0.666. The van der Waals surface area contributed by atoms with Crippen molar-refractivity contribution in [1.29, 1.82) is 5.26 Å². The number of para-hydroxylation sites is 2. The second kappa shape index (κ2) is 5.12. The first-order valence-corrected chi connectivity index (χ1v) is 2.99. The van der Waals surface area contributed by atoms with Crippen molar-refractivity contribution in [2.75, 3.05) is 12.8 Å². The monoisotopic (exact) mass is 150 g/mol. The van der Waals surface area contributed by atoms with Gasteiger partial charge in [0.05, 0.1) is 12.8 Å². The molecule has 0 fully saturated rings. The molecule has 1 aromatic carbocycles. The van der Waals surface area contributed by atoms with Crippen molar-refractivity contribution in [1.82, 2.24) is 0 Å². The lowest BCUT2D eigenvalue weighted by Gasteiger charge is -2.00. The van der Waals surface area contributed by atoms with Gasteiger partial charge in [-0.1, -0.05) is 12.1 Å². The van der Waals surface area contributed by atoms with Crippen LogP contribution in [0.3, 0.4) is 0 Å². The molecular formula is C8H10N2O. The number of rotatable bonds is 1. The Balaban J connectivity index is 0.000000461. The van der Waals surface area contributed by atoms with E-state index < -0.39 is 0 Å². The Hall–Kier alpha value is -1.69. The number of hydrogen-bond acceptors (Lipinski definition) is 3. The minimum Gasteiger partial charge on any atom is -0.495 e. The standard InChI is InChI=1S/C7H9NO.CHN/c1-9-7-5-3-2-4-6(7)8;1-2/h2-5H,8H2,1H3;1H. The van der Waals surface area contributed by atoms with Crippen LogP contribution >= 0.6 is 0 Å². The molecule has 3 heteroatoms. The molecular weight excluding hydrogens is 140 g/mol. The summed E-state index contributed by atoms with van der Waals surface area (Å²) in [7, 11) is 1.60. The topological polar surface area (TPSA) is 59.0 Å². The number of nitriles is 1. The minimum absolute atomic E-state index is 0.681. The summed E-state index contributed by atoms with van der Waals surface area (Å²) in [5.41, 5.74) is 6.19. The summed E-state index contributed by atoms with van der Waals surface area (Å²) in [6.07, 6.45) is 0. The first-order chi connectivity index (χ1) is 5.34. The number of anilines is 1. The van der Waals surface area contributed by atoms with Crippen molar-refractivity contribution < 1.29 is 4.74 Å². The molecule has 11 heavy (non-hydrogen) atoms. The van der Waals surface area contributed by atoms with Gasteiger partial charge in [-0.15, -0.1) is 0 Å². The van der Waals surface area contributed by atoms with Gasteiger partial charge in [-0.2, -0.15) is 0 Å². The first kappa shape index (κ1) is 9.31. The van der Waals surface area contributed by atoms with Crippen LogP contribution in [0, 0.1) is 11.8 Å². The normalized spacial score (nSPS) is 7.55. The Labute approximate surface area is 66.0 Å². The van der Waals surface area contributed by atoms with E-state index in [1.165, 1.54) is 0 Å². The number of nitrogen functional groups attached to an aromatic ring is 1. The van der Waals surface area contributed by atoms with Gasteiger partial charge in [0.1, 0.15) is 5.75 Å². The van der Waals surface area contributed by atoms with Crippen LogP contribution in [0.1, 0.15) is 0 Å². The van der Waals surface area contributed by atoms with E-state index >= 15 is 0 Å². The average Bonchev–Trinajstić information content (AvgIpc) is 2.09. The number of nitrogens with zero attached hydrogens (tertiary/aromatic N) is 1. The maximum atomic E-state index is 6.50. The van der Waals surface area contributed by atoms with Crippen LogP contribution < -0.4 is 10.5 Å². The molecule has 0 saturated carbocycles. The van der Waals surface area contributed by atoms with E-state index in [-0.39, 0.29) is 0 Å². The molecule has 0 saturated heterocycles. The number of benzene rings is 1. The molecule has 0 bridgehead atoms. The SMILES string of the molecule is C#N.COc1ccccc1N. The Bertz CT molecular complexity index is 233. The summed E-state index contributed by atoms with van der Waals surface area (Å²) in [6, 6.07) is 7.39. The minimum atomic E-state index is 0.681.